The lowest BCUT2D eigenvalue weighted by Gasteiger charge is -2.17. The molecule has 108 valence electrons. The molecule has 1 heterocycles. The molecule has 5 heteroatoms. The number of amides is 1. The summed E-state index contributed by atoms with van der Waals surface area (Å²) in [7, 11) is 0. The van der Waals surface area contributed by atoms with E-state index in [1.807, 2.05) is 23.6 Å². The smallest absolute Gasteiger partial charge is 0.280 e. The van der Waals surface area contributed by atoms with Crippen molar-refractivity contribution in [2.24, 2.45) is 0 Å². The molecule has 0 fully saturated rings. The maximum atomic E-state index is 12.1. The minimum absolute atomic E-state index is 0.0540. The molecule has 1 aromatic carbocycles. The number of carbonyl (C=O) groups is 1. The summed E-state index contributed by atoms with van der Waals surface area (Å²) >= 11 is 1.38. The van der Waals surface area contributed by atoms with Crippen molar-refractivity contribution < 1.29 is 9.69 Å². The fraction of sp³-hybridized carbons (Fsp3) is 0.250. The number of likely N-dealkylation sites (N-methyl/N-ethyl adjacent to an activating group) is 1. The standard InChI is InChI=1S/C16H17N3OS/c1-2-19(11-13-6-4-3-5-7-13)12-15(20)18-16-14(10-17)8-9-21-16/h3-9H,2,11-12H2,1H3,(H,18,20)/p+1. The van der Waals surface area contributed by atoms with Gasteiger partial charge < -0.3 is 10.2 Å². The van der Waals surface area contributed by atoms with Crippen molar-refractivity contribution >= 4 is 22.2 Å². The molecule has 0 bridgehead atoms. The highest BCUT2D eigenvalue weighted by Gasteiger charge is 2.15. The van der Waals surface area contributed by atoms with Crippen LogP contribution >= 0.6 is 11.3 Å². The number of thiophene rings is 1. The highest BCUT2D eigenvalue weighted by molar-refractivity contribution is 7.14. The van der Waals surface area contributed by atoms with Gasteiger partial charge in [0.25, 0.3) is 5.91 Å². The van der Waals surface area contributed by atoms with Crippen LogP contribution in [0.15, 0.2) is 41.8 Å². The molecule has 1 amide bonds. The number of benzene rings is 1. The number of quaternary nitrogens is 1. The van der Waals surface area contributed by atoms with Gasteiger partial charge in [0.1, 0.15) is 17.6 Å². The Kier molecular flexibility index (Phi) is 5.50. The Morgan fingerprint density at radius 1 is 1.33 bits per heavy atom. The van der Waals surface area contributed by atoms with E-state index in [4.69, 9.17) is 5.26 Å². The normalized spacial score (nSPS) is 11.6. The van der Waals surface area contributed by atoms with Gasteiger partial charge in [-0.1, -0.05) is 30.3 Å². The second-order valence-corrected chi connectivity index (χ2v) is 5.68. The number of hydrogen-bond donors (Lipinski definition) is 2. The third kappa shape index (κ3) is 4.42. The van der Waals surface area contributed by atoms with Crippen LogP contribution in [0.4, 0.5) is 5.00 Å². The number of nitrogens with zero attached hydrogens (tertiary/aromatic N) is 1. The quantitative estimate of drug-likeness (QED) is 0.852. The van der Waals surface area contributed by atoms with Crippen molar-refractivity contribution in [2.45, 2.75) is 13.5 Å². The summed E-state index contributed by atoms with van der Waals surface area (Å²) in [6.45, 7) is 4.16. The molecule has 1 aromatic heterocycles. The fourth-order valence-electron chi connectivity index (χ4n) is 2.09. The van der Waals surface area contributed by atoms with Gasteiger partial charge in [-0.05, 0) is 18.4 Å². The Hall–Kier alpha value is -2.16. The van der Waals surface area contributed by atoms with E-state index in [0.717, 1.165) is 13.1 Å². The van der Waals surface area contributed by atoms with Crippen molar-refractivity contribution in [2.75, 3.05) is 18.4 Å². The molecule has 2 aromatic rings. The minimum Gasteiger partial charge on any atom is -0.324 e. The van der Waals surface area contributed by atoms with Crippen molar-refractivity contribution in [1.82, 2.24) is 0 Å². The summed E-state index contributed by atoms with van der Waals surface area (Å²) in [6, 6.07) is 13.9. The van der Waals surface area contributed by atoms with E-state index < -0.39 is 0 Å². The first-order valence-electron chi connectivity index (χ1n) is 6.88. The van der Waals surface area contributed by atoms with Crippen molar-refractivity contribution in [1.29, 1.82) is 5.26 Å². The topological polar surface area (TPSA) is 57.3 Å². The number of carbonyl (C=O) groups excluding carboxylic acids is 1. The van der Waals surface area contributed by atoms with Crippen molar-refractivity contribution in [3.05, 3.63) is 52.9 Å². The second kappa shape index (κ2) is 7.58. The first-order valence-corrected chi connectivity index (χ1v) is 7.75. The average molecular weight is 300 g/mol. The monoisotopic (exact) mass is 300 g/mol. The molecule has 0 saturated carbocycles. The molecule has 0 aliphatic heterocycles. The number of nitriles is 1. The van der Waals surface area contributed by atoms with E-state index in [1.54, 1.807) is 6.07 Å². The third-order valence-electron chi connectivity index (χ3n) is 3.25. The zero-order valence-corrected chi connectivity index (χ0v) is 12.7. The molecule has 0 spiro atoms. The Morgan fingerprint density at radius 3 is 2.76 bits per heavy atom. The van der Waals surface area contributed by atoms with Crippen LogP contribution in [0.3, 0.4) is 0 Å². The number of hydrogen-bond acceptors (Lipinski definition) is 3. The van der Waals surface area contributed by atoms with E-state index in [2.05, 4.69) is 30.4 Å². The third-order valence-corrected chi connectivity index (χ3v) is 4.08. The lowest BCUT2D eigenvalue weighted by Crippen LogP contribution is -3.11. The van der Waals surface area contributed by atoms with Crippen LogP contribution in [-0.2, 0) is 11.3 Å². The molecule has 0 aliphatic carbocycles. The summed E-state index contributed by atoms with van der Waals surface area (Å²) in [5.41, 5.74) is 1.74. The van der Waals surface area contributed by atoms with Gasteiger partial charge in [-0.2, -0.15) is 5.26 Å². The Labute approximate surface area is 128 Å². The summed E-state index contributed by atoms with van der Waals surface area (Å²) < 4.78 is 0. The largest absolute Gasteiger partial charge is 0.324 e. The summed E-state index contributed by atoms with van der Waals surface area (Å²) in [5.74, 6) is -0.0540. The Morgan fingerprint density at radius 2 is 2.10 bits per heavy atom. The first kappa shape index (κ1) is 15.2. The zero-order chi connectivity index (χ0) is 15.1. The van der Waals surface area contributed by atoms with Crippen LogP contribution in [0.1, 0.15) is 18.1 Å². The van der Waals surface area contributed by atoms with E-state index >= 15 is 0 Å². The van der Waals surface area contributed by atoms with Gasteiger partial charge in [-0.25, -0.2) is 0 Å². The van der Waals surface area contributed by atoms with E-state index in [9.17, 15) is 4.79 Å². The Balaban J connectivity index is 1.93. The number of nitrogens with one attached hydrogen (secondary N) is 2. The summed E-state index contributed by atoms with van der Waals surface area (Å²) in [5, 5.41) is 14.2. The van der Waals surface area contributed by atoms with Gasteiger partial charge in [0.2, 0.25) is 0 Å². The molecule has 0 aliphatic rings. The Bertz CT molecular complexity index is 630. The molecule has 4 nitrogen and oxygen atoms in total. The van der Waals surface area contributed by atoms with E-state index in [0.29, 0.717) is 17.1 Å². The number of anilines is 1. The predicted molar refractivity (Wildman–Crippen MR) is 84.2 cm³/mol. The van der Waals surface area contributed by atoms with Gasteiger partial charge in [0, 0.05) is 5.56 Å². The average Bonchev–Trinajstić information content (AvgIpc) is 2.94. The van der Waals surface area contributed by atoms with Gasteiger partial charge in [-0.3, -0.25) is 4.79 Å². The van der Waals surface area contributed by atoms with Crippen LogP contribution in [0.5, 0.6) is 0 Å². The predicted octanol–water partition coefficient (Wildman–Crippen LogP) is 1.66. The molecular weight excluding hydrogens is 282 g/mol. The van der Waals surface area contributed by atoms with Crippen LogP contribution in [0.2, 0.25) is 0 Å². The number of rotatable bonds is 6. The van der Waals surface area contributed by atoms with E-state index in [-0.39, 0.29) is 5.91 Å². The van der Waals surface area contributed by atoms with Gasteiger partial charge >= 0.3 is 0 Å². The highest BCUT2D eigenvalue weighted by atomic mass is 32.1. The summed E-state index contributed by atoms with van der Waals surface area (Å²) in [6.07, 6.45) is 0. The van der Waals surface area contributed by atoms with Crippen LogP contribution in [-0.4, -0.2) is 19.0 Å². The maximum absolute atomic E-state index is 12.1. The fourth-order valence-corrected chi connectivity index (χ4v) is 2.84. The minimum atomic E-state index is -0.0540. The maximum Gasteiger partial charge on any atom is 0.280 e. The molecule has 1 atom stereocenters. The van der Waals surface area contributed by atoms with Crippen molar-refractivity contribution in [3.8, 4) is 6.07 Å². The lowest BCUT2D eigenvalue weighted by molar-refractivity contribution is -0.903. The van der Waals surface area contributed by atoms with Crippen molar-refractivity contribution in [3.63, 3.8) is 0 Å². The van der Waals surface area contributed by atoms with Gasteiger partial charge in [0.05, 0.1) is 12.1 Å². The molecule has 21 heavy (non-hydrogen) atoms. The lowest BCUT2D eigenvalue weighted by atomic mass is 10.2. The highest BCUT2D eigenvalue weighted by Crippen LogP contribution is 2.21. The van der Waals surface area contributed by atoms with Gasteiger partial charge in [-0.15, -0.1) is 11.3 Å². The molecule has 1 unspecified atom stereocenters. The second-order valence-electron chi connectivity index (χ2n) is 4.77. The van der Waals surface area contributed by atoms with Gasteiger partial charge in [0.15, 0.2) is 6.54 Å². The van der Waals surface area contributed by atoms with Crippen LogP contribution in [0, 0.1) is 11.3 Å². The summed E-state index contributed by atoms with van der Waals surface area (Å²) in [4.78, 5) is 13.3. The molecule has 0 radical (unpaired) electrons. The van der Waals surface area contributed by atoms with E-state index in [1.165, 1.54) is 21.8 Å². The van der Waals surface area contributed by atoms with Crippen LogP contribution in [0.25, 0.3) is 0 Å². The molecular formula is C16H18N3OS+. The SMILES string of the molecule is CC[NH+](CC(=O)Nc1sccc1C#N)Cc1ccccc1. The van der Waals surface area contributed by atoms with Crippen LogP contribution < -0.4 is 10.2 Å². The molecule has 2 rings (SSSR count). The zero-order valence-electron chi connectivity index (χ0n) is 11.9. The first-order chi connectivity index (χ1) is 10.2. The molecule has 2 N–H and O–H groups in total. The molecule has 0 saturated heterocycles.